The van der Waals surface area contributed by atoms with Crippen LogP contribution in [0.3, 0.4) is 0 Å². The van der Waals surface area contributed by atoms with Gasteiger partial charge in [0.1, 0.15) is 6.54 Å². The highest BCUT2D eigenvalue weighted by Gasteiger charge is 2.18. The van der Waals surface area contributed by atoms with Crippen molar-refractivity contribution >= 4 is 17.7 Å². The van der Waals surface area contributed by atoms with E-state index in [0.717, 1.165) is 11.1 Å². The first kappa shape index (κ1) is 14.6. The second kappa shape index (κ2) is 6.56. The molecule has 2 rings (SSSR count). The number of anilines is 1. The van der Waals surface area contributed by atoms with Gasteiger partial charge in [-0.05, 0) is 19.1 Å². The lowest BCUT2D eigenvalue weighted by Crippen LogP contribution is -2.42. The number of aromatic nitrogens is 2. The molecule has 2 amide bonds. The van der Waals surface area contributed by atoms with E-state index >= 15 is 0 Å². The number of aryl methyl sites for hydroxylation is 1. The Labute approximate surface area is 121 Å². The molecule has 1 aromatic heterocycles. The second-order valence-electron chi connectivity index (χ2n) is 4.58. The Kier molecular flexibility index (Phi) is 4.55. The maximum Gasteiger partial charge on any atom is 0.323 e. The highest BCUT2D eigenvalue weighted by Crippen LogP contribution is 2.15. The predicted molar refractivity (Wildman–Crippen MR) is 77.0 cm³/mol. The average Bonchev–Trinajstić information content (AvgIpc) is 2.96. The summed E-state index contributed by atoms with van der Waals surface area (Å²) >= 11 is 0. The first-order chi connectivity index (χ1) is 10.1. The van der Waals surface area contributed by atoms with Crippen molar-refractivity contribution in [3.8, 4) is 0 Å². The molecule has 0 aliphatic heterocycles. The molecule has 3 N–H and O–H groups in total. The lowest BCUT2D eigenvalue weighted by atomic mass is 10.2. The molecule has 0 unspecified atom stereocenters. The number of amides is 2. The molecule has 0 aliphatic rings. The summed E-state index contributed by atoms with van der Waals surface area (Å²) in [5.41, 5.74) is 2.38. The van der Waals surface area contributed by atoms with Crippen LogP contribution in [0, 0.1) is 6.92 Å². The Morgan fingerprint density at radius 1 is 1.33 bits per heavy atom. The van der Waals surface area contributed by atoms with Crippen LogP contribution in [0.2, 0.25) is 0 Å². The Bertz CT molecular complexity index is 608. The number of hydrogen-bond acceptors (Lipinski definition) is 3. The minimum absolute atomic E-state index is 0.275. The summed E-state index contributed by atoms with van der Waals surface area (Å²) in [7, 11) is 0. The third kappa shape index (κ3) is 4.07. The number of H-pyrrole nitrogens is 1. The van der Waals surface area contributed by atoms with Crippen LogP contribution < -0.4 is 10.2 Å². The number of hydrogen-bond donors (Lipinski definition) is 3. The van der Waals surface area contributed by atoms with E-state index in [2.05, 4.69) is 15.5 Å². The topological polar surface area (TPSA) is 98.3 Å². The van der Waals surface area contributed by atoms with Gasteiger partial charge in [-0.25, -0.2) is 4.79 Å². The molecule has 0 saturated carbocycles. The van der Waals surface area contributed by atoms with Gasteiger partial charge in [-0.1, -0.05) is 17.7 Å². The molecule has 7 nitrogen and oxygen atoms in total. The highest BCUT2D eigenvalue weighted by molar-refractivity contribution is 5.96. The molecule has 0 fully saturated rings. The fourth-order valence-electron chi connectivity index (χ4n) is 1.79. The van der Waals surface area contributed by atoms with Crippen LogP contribution in [0.1, 0.15) is 11.1 Å². The van der Waals surface area contributed by atoms with Crippen LogP contribution in [0.25, 0.3) is 0 Å². The fourth-order valence-corrected chi connectivity index (χ4v) is 1.79. The molecular formula is C14H16N4O3. The van der Waals surface area contributed by atoms with E-state index < -0.39 is 18.5 Å². The van der Waals surface area contributed by atoms with E-state index in [4.69, 9.17) is 5.11 Å². The number of aliphatic carboxylic acids is 1. The van der Waals surface area contributed by atoms with E-state index in [0.29, 0.717) is 5.69 Å². The minimum atomic E-state index is -1.07. The molecule has 1 heterocycles. The number of benzene rings is 1. The summed E-state index contributed by atoms with van der Waals surface area (Å²) in [5, 5.41) is 18.1. The molecule has 0 atom stereocenters. The van der Waals surface area contributed by atoms with Gasteiger partial charge in [0, 0.05) is 24.0 Å². The summed E-state index contributed by atoms with van der Waals surface area (Å²) in [5.74, 6) is -1.07. The third-order valence-corrected chi connectivity index (χ3v) is 2.88. The normalized spacial score (nSPS) is 10.1. The van der Waals surface area contributed by atoms with Crippen LogP contribution in [0.15, 0.2) is 36.7 Å². The number of carbonyl (C=O) groups is 2. The summed E-state index contributed by atoms with van der Waals surface area (Å²) in [6.45, 7) is 1.79. The van der Waals surface area contributed by atoms with Crippen LogP contribution >= 0.6 is 0 Å². The van der Waals surface area contributed by atoms with Gasteiger partial charge in [-0.15, -0.1) is 0 Å². The molecular weight excluding hydrogens is 272 g/mol. The Balaban J connectivity index is 2.09. The lowest BCUT2D eigenvalue weighted by Gasteiger charge is -2.21. The van der Waals surface area contributed by atoms with Gasteiger partial charge < -0.3 is 10.4 Å². The molecule has 21 heavy (non-hydrogen) atoms. The number of aromatic amines is 1. The first-order valence-electron chi connectivity index (χ1n) is 6.38. The standard InChI is InChI=1S/C14H16N4O3/c1-10-2-4-12(5-3-10)18(9-13(19)20)14(21)15-6-11-7-16-17-8-11/h2-5,7-8H,6,9H2,1H3,(H,15,21)(H,16,17)(H,19,20). The number of carboxylic acids is 1. The van der Waals surface area contributed by atoms with Crippen molar-refractivity contribution in [2.24, 2.45) is 0 Å². The summed E-state index contributed by atoms with van der Waals surface area (Å²) in [6, 6.07) is 6.62. The average molecular weight is 288 g/mol. The van der Waals surface area contributed by atoms with Crippen LogP contribution in [-0.2, 0) is 11.3 Å². The smallest absolute Gasteiger partial charge is 0.323 e. The Morgan fingerprint density at radius 2 is 2.05 bits per heavy atom. The zero-order valence-electron chi connectivity index (χ0n) is 11.5. The molecule has 2 aromatic rings. The van der Waals surface area contributed by atoms with Crippen LogP contribution in [0.4, 0.5) is 10.5 Å². The van der Waals surface area contributed by atoms with Crippen molar-refractivity contribution in [2.75, 3.05) is 11.4 Å². The van der Waals surface area contributed by atoms with E-state index in [-0.39, 0.29) is 6.54 Å². The zero-order valence-corrected chi connectivity index (χ0v) is 11.5. The van der Waals surface area contributed by atoms with Crippen molar-refractivity contribution in [2.45, 2.75) is 13.5 Å². The van der Waals surface area contributed by atoms with Crippen molar-refractivity contribution in [1.29, 1.82) is 0 Å². The molecule has 0 radical (unpaired) electrons. The molecule has 7 heteroatoms. The van der Waals surface area contributed by atoms with Gasteiger partial charge >= 0.3 is 12.0 Å². The molecule has 110 valence electrons. The van der Waals surface area contributed by atoms with Crippen LogP contribution in [0.5, 0.6) is 0 Å². The van der Waals surface area contributed by atoms with E-state index in [1.807, 2.05) is 19.1 Å². The summed E-state index contributed by atoms with van der Waals surface area (Å²) < 4.78 is 0. The maximum atomic E-state index is 12.2. The number of nitrogens with zero attached hydrogens (tertiary/aromatic N) is 2. The first-order valence-corrected chi connectivity index (χ1v) is 6.38. The summed E-state index contributed by atoms with van der Waals surface area (Å²) in [6.07, 6.45) is 3.25. The summed E-state index contributed by atoms with van der Waals surface area (Å²) in [4.78, 5) is 24.3. The molecule has 0 aliphatic carbocycles. The van der Waals surface area contributed by atoms with Crippen molar-refractivity contribution in [3.05, 3.63) is 47.8 Å². The van der Waals surface area contributed by atoms with Crippen molar-refractivity contribution in [3.63, 3.8) is 0 Å². The number of carboxylic acid groups (broad SMARTS) is 1. The monoisotopic (exact) mass is 288 g/mol. The van der Waals surface area contributed by atoms with E-state index in [9.17, 15) is 9.59 Å². The van der Waals surface area contributed by atoms with Gasteiger partial charge in [0.15, 0.2) is 0 Å². The minimum Gasteiger partial charge on any atom is -0.480 e. The number of nitrogens with one attached hydrogen (secondary N) is 2. The van der Waals surface area contributed by atoms with Gasteiger partial charge in [-0.2, -0.15) is 5.10 Å². The van der Waals surface area contributed by atoms with Crippen molar-refractivity contribution in [1.82, 2.24) is 15.5 Å². The van der Waals surface area contributed by atoms with E-state index in [1.165, 1.54) is 4.90 Å². The predicted octanol–water partition coefficient (Wildman–Crippen LogP) is 1.52. The maximum absolute atomic E-state index is 12.2. The zero-order chi connectivity index (χ0) is 15.2. The second-order valence-corrected chi connectivity index (χ2v) is 4.58. The SMILES string of the molecule is Cc1ccc(N(CC(=O)O)C(=O)NCc2cn[nH]c2)cc1. The van der Waals surface area contributed by atoms with Gasteiger partial charge in [-0.3, -0.25) is 14.8 Å². The molecule has 1 aromatic carbocycles. The molecule has 0 bridgehead atoms. The molecule has 0 spiro atoms. The van der Waals surface area contributed by atoms with Gasteiger partial charge in [0.25, 0.3) is 0 Å². The number of carbonyl (C=O) groups excluding carboxylic acids is 1. The van der Waals surface area contributed by atoms with Gasteiger partial charge in [0.05, 0.1) is 6.20 Å². The van der Waals surface area contributed by atoms with Crippen LogP contribution in [-0.4, -0.2) is 33.8 Å². The van der Waals surface area contributed by atoms with Crippen molar-refractivity contribution < 1.29 is 14.7 Å². The number of urea groups is 1. The Hall–Kier alpha value is -2.83. The fraction of sp³-hybridized carbons (Fsp3) is 0.214. The largest absolute Gasteiger partial charge is 0.480 e. The molecule has 0 saturated heterocycles. The third-order valence-electron chi connectivity index (χ3n) is 2.88. The number of rotatable bonds is 5. The van der Waals surface area contributed by atoms with Gasteiger partial charge in [0.2, 0.25) is 0 Å². The quantitative estimate of drug-likeness (QED) is 0.776. The highest BCUT2D eigenvalue weighted by atomic mass is 16.4. The Morgan fingerprint density at radius 3 is 2.62 bits per heavy atom. The van der Waals surface area contributed by atoms with E-state index in [1.54, 1.807) is 24.5 Å². The lowest BCUT2D eigenvalue weighted by molar-refractivity contribution is -0.135.